The predicted octanol–water partition coefficient (Wildman–Crippen LogP) is 1.53. The molecule has 15 heavy (non-hydrogen) atoms. The lowest BCUT2D eigenvalue weighted by atomic mass is 10.1. The van der Waals surface area contributed by atoms with E-state index in [2.05, 4.69) is 22.1 Å². The van der Waals surface area contributed by atoms with Gasteiger partial charge in [-0.05, 0) is 22.8 Å². The van der Waals surface area contributed by atoms with Gasteiger partial charge in [0.2, 0.25) is 0 Å². The molecule has 3 nitrogen and oxygen atoms in total. The van der Waals surface area contributed by atoms with Crippen LogP contribution in [-0.4, -0.2) is 9.97 Å². The molecule has 2 rings (SSSR count). The van der Waals surface area contributed by atoms with Gasteiger partial charge < -0.3 is 5.73 Å². The summed E-state index contributed by atoms with van der Waals surface area (Å²) in [4.78, 5) is 8.23. The molecule has 0 unspecified atom stereocenters. The van der Waals surface area contributed by atoms with E-state index in [1.165, 1.54) is 11.1 Å². The number of hydrogen-bond donors (Lipinski definition) is 1. The lowest BCUT2D eigenvalue weighted by Gasteiger charge is -2.02. The summed E-state index contributed by atoms with van der Waals surface area (Å²) in [5.41, 5.74) is 8.99. The number of nitrogens with zero attached hydrogens (tertiary/aromatic N) is 2. The lowest BCUT2D eigenvalue weighted by Crippen LogP contribution is -1.99. The lowest BCUT2D eigenvalue weighted by molar-refractivity contribution is 1.02. The zero-order valence-electron chi connectivity index (χ0n) is 8.43. The van der Waals surface area contributed by atoms with E-state index in [0.29, 0.717) is 6.54 Å². The first-order chi connectivity index (χ1) is 7.38. The van der Waals surface area contributed by atoms with Gasteiger partial charge in [-0.3, -0.25) is 9.97 Å². The molecule has 0 saturated heterocycles. The topological polar surface area (TPSA) is 51.8 Å². The molecule has 76 valence electrons. The molecule has 2 heterocycles. The highest BCUT2D eigenvalue weighted by atomic mass is 14.6. The minimum Gasteiger partial charge on any atom is -0.326 e. The Labute approximate surface area is 89.0 Å². The van der Waals surface area contributed by atoms with Gasteiger partial charge in [0, 0.05) is 37.8 Å². The maximum atomic E-state index is 5.56. The van der Waals surface area contributed by atoms with Crippen molar-refractivity contribution in [3.63, 3.8) is 0 Å². The summed E-state index contributed by atoms with van der Waals surface area (Å²) in [6, 6.07) is 6.08. The molecule has 0 aromatic carbocycles. The Morgan fingerprint density at radius 1 is 1.00 bits per heavy atom. The average molecular weight is 199 g/mol. The first-order valence-electron chi connectivity index (χ1n) is 4.90. The molecule has 0 aliphatic rings. The summed E-state index contributed by atoms with van der Waals surface area (Å²) in [6.07, 6.45) is 8.17. The molecule has 0 saturated carbocycles. The van der Waals surface area contributed by atoms with Crippen LogP contribution in [0.4, 0.5) is 0 Å². The van der Waals surface area contributed by atoms with Crippen LogP contribution in [0.25, 0.3) is 0 Å². The minimum absolute atomic E-state index is 0.536. The van der Waals surface area contributed by atoms with E-state index in [9.17, 15) is 0 Å². The smallest absolute Gasteiger partial charge is 0.0312 e. The van der Waals surface area contributed by atoms with Gasteiger partial charge in [0.25, 0.3) is 0 Å². The molecule has 2 N–H and O–H groups in total. The number of aromatic nitrogens is 2. The monoisotopic (exact) mass is 199 g/mol. The van der Waals surface area contributed by atoms with Gasteiger partial charge in [0.15, 0.2) is 0 Å². The number of nitrogens with two attached hydrogens (primary N) is 1. The third-order valence-corrected chi connectivity index (χ3v) is 2.22. The van der Waals surface area contributed by atoms with Crippen molar-refractivity contribution < 1.29 is 0 Å². The normalized spacial score (nSPS) is 10.2. The molecule has 0 amide bonds. The average Bonchev–Trinajstić information content (AvgIpc) is 2.31. The van der Waals surface area contributed by atoms with Crippen LogP contribution in [0.3, 0.4) is 0 Å². The quantitative estimate of drug-likeness (QED) is 0.815. The van der Waals surface area contributed by atoms with Crippen LogP contribution in [0.5, 0.6) is 0 Å². The summed E-state index contributed by atoms with van der Waals surface area (Å²) < 4.78 is 0. The van der Waals surface area contributed by atoms with E-state index in [1.807, 2.05) is 18.5 Å². The molecule has 0 aliphatic carbocycles. The molecule has 3 heteroatoms. The minimum atomic E-state index is 0.536. The second-order valence-corrected chi connectivity index (χ2v) is 3.44. The van der Waals surface area contributed by atoms with Crippen LogP contribution in [-0.2, 0) is 13.0 Å². The van der Waals surface area contributed by atoms with Crippen molar-refractivity contribution in [1.29, 1.82) is 0 Å². The Bertz CT molecular complexity index is 426. The molecule has 0 aliphatic heterocycles. The zero-order chi connectivity index (χ0) is 10.5. The van der Waals surface area contributed by atoms with Gasteiger partial charge in [-0.25, -0.2) is 0 Å². The standard InChI is InChI=1S/C12H13N3/c13-6-12-5-11(8-15-9-12)4-10-2-1-3-14-7-10/h1-3,5,7-9H,4,6,13H2. The van der Waals surface area contributed by atoms with Gasteiger partial charge in [-0.15, -0.1) is 0 Å². The molecule has 0 atom stereocenters. The van der Waals surface area contributed by atoms with Gasteiger partial charge in [-0.2, -0.15) is 0 Å². The maximum Gasteiger partial charge on any atom is 0.0312 e. The zero-order valence-corrected chi connectivity index (χ0v) is 8.43. The van der Waals surface area contributed by atoms with Crippen molar-refractivity contribution in [2.45, 2.75) is 13.0 Å². The Morgan fingerprint density at radius 3 is 2.53 bits per heavy atom. The van der Waals surface area contributed by atoms with Gasteiger partial charge in [0.05, 0.1) is 0 Å². The second-order valence-electron chi connectivity index (χ2n) is 3.44. The van der Waals surface area contributed by atoms with Gasteiger partial charge in [-0.1, -0.05) is 12.1 Å². The molecule has 0 radical (unpaired) electrons. The fourth-order valence-corrected chi connectivity index (χ4v) is 1.49. The highest BCUT2D eigenvalue weighted by molar-refractivity contribution is 5.24. The third-order valence-electron chi connectivity index (χ3n) is 2.22. The molecule has 0 bridgehead atoms. The summed E-state index contributed by atoms with van der Waals surface area (Å²) in [6.45, 7) is 0.536. The second kappa shape index (κ2) is 4.66. The molecule has 2 aromatic rings. The van der Waals surface area contributed by atoms with Crippen LogP contribution in [0.15, 0.2) is 43.0 Å². The maximum absolute atomic E-state index is 5.56. The van der Waals surface area contributed by atoms with E-state index >= 15 is 0 Å². The first kappa shape index (κ1) is 9.80. The highest BCUT2D eigenvalue weighted by Gasteiger charge is 1.97. The molecular formula is C12H13N3. The Kier molecular flexibility index (Phi) is 3.05. The number of rotatable bonds is 3. The van der Waals surface area contributed by atoms with Crippen LogP contribution in [0.2, 0.25) is 0 Å². The van der Waals surface area contributed by atoms with Crippen molar-refractivity contribution in [1.82, 2.24) is 9.97 Å². The van der Waals surface area contributed by atoms with Crippen molar-refractivity contribution in [2.75, 3.05) is 0 Å². The van der Waals surface area contributed by atoms with Crippen LogP contribution >= 0.6 is 0 Å². The van der Waals surface area contributed by atoms with Gasteiger partial charge >= 0.3 is 0 Å². The molecule has 0 spiro atoms. The Balaban J connectivity index is 2.17. The fraction of sp³-hybridized carbons (Fsp3) is 0.167. The third kappa shape index (κ3) is 2.60. The molecule has 0 fully saturated rings. The Hall–Kier alpha value is -1.74. The largest absolute Gasteiger partial charge is 0.326 e. The van der Waals surface area contributed by atoms with Crippen molar-refractivity contribution in [3.05, 3.63) is 59.7 Å². The van der Waals surface area contributed by atoms with Gasteiger partial charge in [0.1, 0.15) is 0 Å². The predicted molar refractivity (Wildman–Crippen MR) is 59.2 cm³/mol. The van der Waals surface area contributed by atoms with E-state index in [-0.39, 0.29) is 0 Å². The van der Waals surface area contributed by atoms with Crippen LogP contribution in [0, 0.1) is 0 Å². The van der Waals surface area contributed by atoms with E-state index < -0.39 is 0 Å². The van der Waals surface area contributed by atoms with Crippen LogP contribution < -0.4 is 5.73 Å². The number of hydrogen-bond acceptors (Lipinski definition) is 3. The molecule has 2 aromatic heterocycles. The van der Waals surface area contributed by atoms with Crippen LogP contribution in [0.1, 0.15) is 16.7 Å². The first-order valence-corrected chi connectivity index (χ1v) is 4.90. The summed E-state index contributed by atoms with van der Waals surface area (Å²) in [7, 11) is 0. The highest BCUT2D eigenvalue weighted by Crippen LogP contribution is 2.08. The van der Waals surface area contributed by atoms with E-state index in [1.54, 1.807) is 12.4 Å². The summed E-state index contributed by atoms with van der Waals surface area (Å²) in [5, 5.41) is 0. The number of pyridine rings is 2. The molecular weight excluding hydrogens is 186 g/mol. The SMILES string of the molecule is NCc1cncc(Cc2cccnc2)c1. The summed E-state index contributed by atoms with van der Waals surface area (Å²) in [5.74, 6) is 0. The van der Waals surface area contributed by atoms with Crippen molar-refractivity contribution >= 4 is 0 Å². The van der Waals surface area contributed by atoms with E-state index in [4.69, 9.17) is 5.73 Å². The Morgan fingerprint density at radius 2 is 1.80 bits per heavy atom. The van der Waals surface area contributed by atoms with Crippen molar-refractivity contribution in [2.24, 2.45) is 5.73 Å². The summed E-state index contributed by atoms with van der Waals surface area (Å²) >= 11 is 0. The van der Waals surface area contributed by atoms with E-state index in [0.717, 1.165) is 12.0 Å². The van der Waals surface area contributed by atoms with Crippen molar-refractivity contribution in [3.8, 4) is 0 Å². The fourth-order valence-electron chi connectivity index (χ4n) is 1.49.